The van der Waals surface area contributed by atoms with Crippen LogP contribution < -0.4 is 15.8 Å². The number of hydrogen-bond donors (Lipinski definition) is 8. The van der Waals surface area contributed by atoms with Crippen LogP contribution in [0.2, 0.25) is 0 Å². The minimum absolute atomic E-state index is 0.0173. The van der Waals surface area contributed by atoms with Crippen LogP contribution in [0.1, 0.15) is 82.7 Å². The van der Waals surface area contributed by atoms with Crippen molar-refractivity contribution >= 4 is 23.3 Å². The van der Waals surface area contributed by atoms with Crippen LogP contribution in [0.4, 0.5) is 0 Å². The fraction of sp³-hybridized carbons (Fsp3) is 0.471. The Labute approximate surface area is 281 Å². The second-order valence-corrected chi connectivity index (χ2v) is 12.5. The van der Waals surface area contributed by atoms with Crippen molar-refractivity contribution in [3.05, 3.63) is 63.7 Å². The van der Waals surface area contributed by atoms with E-state index in [2.05, 4.69) is 11.9 Å². The van der Waals surface area contributed by atoms with E-state index < -0.39 is 102 Å². The Hall–Kier alpha value is -4.22. The molecule has 49 heavy (non-hydrogen) atoms. The molecule has 0 saturated carbocycles. The van der Waals surface area contributed by atoms with Crippen molar-refractivity contribution in [1.29, 1.82) is 0 Å². The van der Waals surface area contributed by atoms with Gasteiger partial charge in [0.05, 0.1) is 48.2 Å². The number of aliphatic hydroxyl groups excluding tert-OH is 3. The van der Waals surface area contributed by atoms with E-state index in [4.69, 9.17) is 25.1 Å². The molecule has 7 atom stereocenters. The Kier molecular flexibility index (Phi) is 11.3. The van der Waals surface area contributed by atoms with Gasteiger partial charge in [0.15, 0.2) is 17.9 Å². The van der Waals surface area contributed by atoms with Gasteiger partial charge >= 0.3 is 0 Å². The molecule has 266 valence electrons. The molecule has 9 N–H and O–H groups in total. The summed E-state index contributed by atoms with van der Waals surface area (Å²) >= 11 is 0. The molecule has 0 bridgehead atoms. The molecule has 3 aliphatic rings. The second kappa shape index (κ2) is 14.7. The van der Waals surface area contributed by atoms with Gasteiger partial charge in [0.25, 0.3) is 0 Å². The van der Waals surface area contributed by atoms with Crippen LogP contribution in [0.5, 0.6) is 17.2 Å². The number of phenols is 2. The maximum absolute atomic E-state index is 13.6. The zero-order valence-corrected chi connectivity index (χ0v) is 27.6. The number of rotatable bonds is 8. The molecule has 2 aliphatic carbocycles. The highest BCUT2D eigenvalue weighted by Crippen LogP contribution is 2.52. The molecular formula is C34H42N2O13. The fourth-order valence-corrected chi connectivity index (χ4v) is 6.14. The maximum atomic E-state index is 13.6. The predicted octanol–water partition coefficient (Wildman–Crippen LogP) is 0.0608. The van der Waals surface area contributed by atoms with Gasteiger partial charge in [0.2, 0.25) is 11.7 Å². The highest BCUT2D eigenvalue weighted by atomic mass is 16.7. The molecule has 1 fully saturated rings. The molecule has 5 rings (SSSR count). The van der Waals surface area contributed by atoms with Crippen LogP contribution in [-0.4, -0.2) is 110 Å². The molecule has 1 aliphatic heterocycles. The molecule has 2 aromatic carbocycles. The SMILES string of the molecule is C=C(C)C(=O)NCC(C)O.COc1cccc2c1C(=O)c1c(O)c3c(c(O)c1C2=O)C[C@@](O)(C(=O)CO)C[C@@H]3O[C@H]1C[C@H](N)[C@H](O)[C@H](C)O1. The Bertz CT molecular complexity index is 1660. The summed E-state index contributed by atoms with van der Waals surface area (Å²) in [5.74, 6) is -3.98. The van der Waals surface area contributed by atoms with Crippen LogP contribution in [0.25, 0.3) is 0 Å². The molecule has 0 aromatic heterocycles. The van der Waals surface area contributed by atoms with E-state index in [1.165, 1.54) is 25.3 Å². The van der Waals surface area contributed by atoms with Crippen molar-refractivity contribution in [2.45, 2.75) is 82.4 Å². The Morgan fingerprint density at radius 2 is 1.82 bits per heavy atom. The van der Waals surface area contributed by atoms with Gasteiger partial charge < -0.3 is 55.9 Å². The summed E-state index contributed by atoms with van der Waals surface area (Å²) in [5.41, 5.74) is 2.83. The molecule has 15 nitrogen and oxygen atoms in total. The van der Waals surface area contributed by atoms with Gasteiger partial charge in [-0.3, -0.25) is 19.2 Å². The van der Waals surface area contributed by atoms with Gasteiger partial charge in [0, 0.05) is 54.1 Å². The van der Waals surface area contributed by atoms with E-state index in [-0.39, 0.29) is 46.9 Å². The number of benzene rings is 2. The number of nitrogens with one attached hydrogen (secondary N) is 1. The third kappa shape index (κ3) is 7.23. The van der Waals surface area contributed by atoms with Crippen LogP contribution in [0, 0.1) is 0 Å². The Morgan fingerprint density at radius 1 is 1.16 bits per heavy atom. The quantitative estimate of drug-likeness (QED) is 0.115. The number of aromatic hydroxyl groups is 2. The summed E-state index contributed by atoms with van der Waals surface area (Å²) in [6.45, 7) is 7.51. The van der Waals surface area contributed by atoms with E-state index in [9.17, 15) is 44.7 Å². The summed E-state index contributed by atoms with van der Waals surface area (Å²) in [4.78, 5) is 50.5. The number of amides is 1. The zero-order valence-electron chi connectivity index (χ0n) is 27.6. The third-order valence-electron chi connectivity index (χ3n) is 8.75. The maximum Gasteiger partial charge on any atom is 0.246 e. The van der Waals surface area contributed by atoms with Gasteiger partial charge in [-0.15, -0.1) is 0 Å². The number of Topliss-reactive ketones (excluding diaryl/α,β-unsaturated/α-hetero) is 1. The first-order valence-electron chi connectivity index (χ1n) is 15.6. The first-order chi connectivity index (χ1) is 23.0. The van der Waals surface area contributed by atoms with Crippen molar-refractivity contribution in [3.63, 3.8) is 0 Å². The monoisotopic (exact) mass is 686 g/mol. The van der Waals surface area contributed by atoms with Crippen molar-refractivity contribution in [2.24, 2.45) is 5.73 Å². The van der Waals surface area contributed by atoms with Crippen molar-refractivity contribution in [3.8, 4) is 17.2 Å². The van der Waals surface area contributed by atoms with E-state index in [1.807, 2.05) is 0 Å². The van der Waals surface area contributed by atoms with Gasteiger partial charge in [-0.2, -0.15) is 0 Å². The van der Waals surface area contributed by atoms with Gasteiger partial charge in [-0.1, -0.05) is 18.7 Å². The fourth-order valence-electron chi connectivity index (χ4n) is 6.14. The van der Waals surface area contributed by atoms with Crippen molar-refractivity contribution < 1.29 is 64.0 Å². The molecule has 0 radical (unpaired) electrons. The number of hydrogen-bond acceptors (Lipinski definition) is 14. The molecule has 15 heteroatoms. The van der Waals surface area contributed by atoms with E-state index >= 15 is 0 Å². The van der Waals surface area contributed by atoms with Gasteiger partial charge in [0.1, 0.15) is 29.5 Å². The second-order valence-electron chi connectivity index (χ2n) is 12.5. The number of nitrogens with two attached hydrogens (primary N) is 1. The molecule has 1 saturated heterocycles. The standard InChI is InChI=1S/C27H29NO11.C7H13NO2/c1-10-22(31)13(28)6-17(38-10)39-15-8-27(36,16(30)9-29)7-12-19(15)26(35)21-20(24(12)33)23(32)11-4-3-5-14(37-2)18(11)25(21)34;1-5(2)7(10)8-4-6(3)9/h3-5,10,13,15,17,22,29,31,33,35-36H,6-9,28H2,1-2H3;6,9H,1,4H2,2-3H3,(H,8,10)/t10-,13-,15-,17-,22+,27-;/m0./s1. The van der Waals surface area contributed by atoms with Gasteiger partial charge in [-0.25, -0.2) is 0 Å². The normalized spacial score (nSPS) is 26.3. The summed E-state index contributed by atoms with van der Waals surface area (Å²) in [7, 11) is 1.32. The Morgan fingerprint density at radius 3 is 2.39 bits per heavy atom. The lowest BCUT2D eigenvalue weighted by Gasteiger charge is -2.42. The lowest BCUT2D eigenvalue weighted by atomic mass is 9.72. The highest BCUT2D eigenvalue weighted by Gasteiger charge is 2.50. The minimum Gasteiger partial charge on any atom is -0.507 e. The number of carbonyl (C=O) groups is 4. The highest BCUT2D eigenvalue weighted by molar-refractivity contribution is 6.31. The zero-order chi connectivity index (χ0) is 36.5. The lowest BCUT2D eigenvalue weighted by molar-refractivity contribution is -0.247. The number of aliphatic hydroxyl groups is 4. The number of methoxy groups -OCH3 is 1. The predicted molar refractivity (Wildman–Crippen MR) is 171 cm³/mol. The van der Waals surface area contributed by atoms with E-state index in [1.54, 1.807) is 20.8 Å². The molecule has 0 spiro atoms. The van der Waals surface area contributed by atoms with Crippen LogP contribution in [-0.2, 0) is 25.5 Å². The topological polar surface area (TPSA) is 255 Å². The lowest BCUT2D eigenvalue weighted by Crippen LogP contribution is -2.53. The Balaban J connectivity index is 0.000000471. The molecule has 1 amide bonds. The summed E-state index contributed by atoms with van der Waals surface area (Å²) in [5, 5.41) is 64.9. The molecule has 1 heterocycles. The van der Waals surface area contributed by atoms with Crippen LogP contribution >= 0.6 is 0 Å². The van der Waals surface area contributed by atoms with Crippen LogP contribution in [0.3, 0.4) is 0 Å². The summed E-state index contributed by atoms with van der Waals surface area (Å²) in [6.07, 6.45) is -5.62. The molecule has 1 unspecified atom stereocenters. The third-order valence-corrected chi connectivity index (χ3v) is 8.75. The minimum atomic E-state index is -2.24. The first kappa shape index (κ1) is 37.6. The largest absolute Gasteiger partial charge is 0.507 e. The van der Waals surface area contributed by atoms with E-state index in [0.717, 1.165) is 0 Å². The number of ketones is 3. The van der Waals surface area contributed by atoms with E-state index in [0.29, 0.717) is 5.57 Å². The number of fused-ring (bicyclic) bond motifs is 3. The average molecular weight is 687 g/mol. The number of ether oxygens (including phenoxy) is 3. The smallest absolute Gasteiger partial charge is 0.246 e. The van der Waals surface area contributed by atoms with Crippen molar-refractivity contribution in [2.75, 3.05) is 20.3 Å². The summed E-state index contributed by atoms with van der Waals surface area (Å²) in [6, 6.07) is 3.64. The number of phenolic OH excluding ortho intramolecular Hbond substituents is 2. The van der Waals surface area contributed by atoms with Crippen LogP contribution in [0.15, 0.2) is 30.4 Å². The molecular weight excluding hydrogens is 644 g/mol. The number of carbonyl (C=O) groups excluding carboxylic acids is 4. The van der Waals surface area contributed by atoms with Crippen molar-refractivity contribution in [1.82, 2.24) is 5.32 Å². The molecule has 2 aromatic rings. The summed E-state index contributed by atoms with van der Waals surface area (Å²) < 4.78 is 17.0. The first-order valence-corrected chi connectivity index (χ1v) is 15.6. The average Bonchev–Trinajstić information content (AvgIpc) is 3.05. The van der Waals surface area contributed by atoms with Gasteiger partial charge in [-0.05, 0) is 26.8 Å².